The number of hydrogen-bond acceptors (Lipinski definition) is 6. The van der Waals surface area contributed by atoms with Gasteiger partial charge in [-0.2, -0.15) is 0 Å². The van der Waals surface area contributed by atoms with E-state index >= 15 is 0 Å². The number of fused-ring (bicyclic) bond motifs is 2. The Morgan fingerprint density at radius 1 is 0.531 bits per heavy atom. The van der Waals surface area contributed by atoms with Crippen LogP contribution in [-0.4, -0.2) is 42.7 Å². The molecule has 5 nitrogen and oxygen atoms in total. The second-order valence-corrected chi connectivity index (χ2v) is 18.0. The van der Waals surface area contributed by atoms with Crippen LogP contribution in [0.15, 0.2) is 46.2 Å². The van der Waals surface area contributed by atoms with Crippen molar-refractivity contribution in [3.63, 3.8) is 0 Å². The van der Waals surface area contributed by atoms with Crippen LogP contribution in [0.25, 0.3) is 0 Å². The Hall–Kier alpha value is -1.44. The molecule has 0 amide bonds. The smallest absolute Gasteiger partial charge is 0.399 e. The number of unbranched alkanes of at least 4 members (excludes halogenated alkanes) is 10. The molecule has 0 aliphatic carbocycles. The van der Waals surface area contributed by atoms with Gasteiger partial charge >= 0.3 is 14.2 Å². The van der Waals surface area contributed by atoms with Gasteiger partial charge in [-0.05, 0) is 103 Å². The molecule has 8 heteroatoms. The molecule has 0 saturated carbocycles. The SMILES string of the molecule is CCCCCCCCC(CCCCCCCC)N1c2ccc(B3OC(C)(C)C(C)(C)O3)cc2Sc2cc(B3OC(C)(C)C(C)(C)O3)ccc21. The Morgan fingerprint density at radius 2 is 0.878 bits per heavy atom. The molecule has 2 aromatic rings. The summed E-state index contributed by atoms with van der Waals surface area (Å²) in [6.45, 7) is 21.6. The van der Waals surface area contributed by atoms with E-state index in [1.165, 1.54) is 111 Å². The zero-order valence-electron chi connectivity index (χ0n) is 32.6. The summed E-state index contributed by atoms with van der Waals surface area (Å²) in [5.41, 5.74) is 3.27. The quantitative estimate of drug-likeness (QED) is 0.122. The van der Waals surface area contributed by atoms with Crippen molar-refractivity contribution in [3.05, 3.63) is 36.4 Å². The van der Waals surface area contributed by atoms with Gasteiger partial charge in [-0.1, -0.05) is 115 Å². The molecule has 0 atom stereocenters. The van der Waals surface area contributed by atoms with Gasteiger partial charge < -0.3 is 23.5 Å². The molecule has 2 aromatic carbocycles. The third-order valence-corrected chi connectivity index (χ3v) is 13.0. The maximum Gasteiger partial charge on any atom is 0.494 e. The molecule has 270 valence electrons. The molecule has 2 fully saturated rings. The van der Waals surface area contributed by atoms with Crippen LogP contribution in [0.1, 0.15) is 159 Å². The molecule has 0 N–H and O–H groups in total. The molecule has 3 heterocycles. The molecule has 2 saturated heterocycles. The minimum Gasteiger partial charge on any atom is -0.399 e. The van der Waals surface area contributed by atoms with E-state index in [0.29, 0.717) is 6.04 Å². The Kier molecular flexibility index (Phi) is 12.7. The van der Waals surface area contributed by atoms with Crippen LogP contribution in [0.2, 0.25) is 0 Å². The normalized spacial score (nSPS) is 20.3. The lowest BCUT2D eigenvalue weighted by molar-refractivity contribution is 0.00578. The van der Waals surface area contributed by atoms with Crippen LogP contribution in [0.4, 0.5) is 11.4 Å². The van der Waals surface area contributed by atoms with Crippen LogP contribution in [0.5, 0.6) is 0 Å². The van der Waals surface area contributed by atoms with Gasteiger partial charge in [-0.3, -0.25) is 0 Å². The highest BCUT2D eigenvalue weighted by Gasteiger charge is 2.53. The van der Waals surface area contributed by atoms with Crippen molar-refractivity contribution in [3.8, 4) is 0 Å². The van der Waals surface area contributed by atoms with E-state index in [0.717, 1.165) is 10.9 Å². The van der Waals surface area contributed by atoms with Crippen molar-refractivity contribution >= 4 is 48.3 Å². The fraction of sp³-hybridized carbons (Fsp3) is 0.707. The van der Waals surface area contributed by atoms with Gasteiger partial charge in [-0.15, -0.1) is 0 Å². The van der Waals surface area contributed by atoms with Crippen LogP contribution in [-0.2, 0) is 18.6 Å². The maximum atomic E-state index is 6.52. The molecular formula is C41H65B2NO4S. The minimum atomic E-state index is -0.385. The summed E-state index contributed by atoms with van der Waals surface area (Å²) in [6, 6.07) is 14.3. The molecule has 0 bridgehead atoms. The summed E-state index contributed by atoms with van der Waals surface area (Å²) in [5, 5.41) is 0. The van der Waals surface area contributed by atoms with E-state index in [9.17, 15) is 0 Å². The number of anilines is 2. The fourth-order valence-corrected chi connectivity index (χ4v) is 8.41. The Bertz CT molecular complexity index is 1260. The molecule has 0 aromatic heterocycles. The summed E-state index contributed by atoms with van der Waals surface area (Å²) in [6.07, 6.45) is 18.3. The Labute approximate surface area is 304 Å². The van der Waals surface area contributed by atoms with Gasteiger partial charge in [0, 0.05) is 15.8 Å². The van der Waals surface area contributed by atoms with Gasteiger partial charge in [0.05, 0.1) is 33.8 Å². The predicted molar refractivity (Wildman–Crippen MR) is 210 cm³/mol. The first-order chi connectivity index (χ1) is 23.2. The van der Waals surface area contributed by atoms with E-state index in [1.54, 1.807) is 0 Å². The summed E-state index contributed by atoms with van der Waals surface area (Å²) in [7, 11) is -0.771. The van der Waals surface area contributed by atoms with Crippen molar-refractivity contribution in [2.45, 2.75) is 197 Å². The van der Waals surface area contributed by atoms with Crippen LogP contribution < -0.4 is 15.8 Å². The summed E-state index contributed by atoms with van der Waals surface area (Å²) < 4.78 is 26.1. The van der Waals surface area contributed by atoms with Crippen molar-refractivity contribution in [1.29, 1.82) is 0 Å². The van der Waals surface area contributed by atoms with Crippen LogP contribution in [0, 0.1) is 0 Å². The van der Waals surface area contributed by atoms with Gasteiger partial charge in [0.2, 0.25) is 0 Å². The van der Waals surface area contributed by atoms with E-state index in [2.05, 4.69) is 111 Å². The lowest BCUT2D eigenvalue weighted by Crippen LogP contribution is -2.41. The molecular weight excluding hydrogens is 624 g/mol. The molecule has 0 radical (unpaired) electrons. The van der Waals surface area contributed by atoms with Crippen molar-refractivity contribution in [2.24, 2.45) is 0 Å². The third-order valence-electron chi connectivity index (χ3n) is 11.9. The number of nitrogens with zero attached hydrogens (tertiary/aromatic N) is 1. The van der Waals surface area contributed by atoms with Gasteiger partial charge in [0.1, 0.15) is 0 Å². The summed E-state index contributed by atoms with van der Waals surface area (Å²) in [4.78, 5) is 5.23. The maximum absolute atomic E-state index is 6.52. The molecule has 5 rings (SSSR count). The first kappa shape index (κ1) is 38.8. The first-order valence-corrected chi connectivity index (χ1v) is 20.5. The highest BCUT2D eigenvalue weighted by molar-refractivity contribution is 7.99. The lowest BCUT2D eigenvalue weighted by atomic mass is 9.78. The fourth-order valence-electron chi connectivity index (χ4n) is 7.24. The number of hydrogen-bond donors (Lipinski definition) is 0. The van der Waals surface area contributed by atoms with Crippen molar-refractivity contribution in [2.75, 3.05) is 4.90 Å². The first-order valence-electron chi connectivity index (χ1n) is 19.7. The predicted octanol–water partition coefficient (Wildman–Crippen LogP) is 10.8. The van der Waals surface area contributed by atoms with E-state index in [1.807, 2.05) is 11.8 Å². The van der Waals surface area contributed by atoms with E-state index in [-0.39, 0.29) is 36.6 Å². The highest BCUT2D eigenvalue weighted by atomic mass is 32.2. The second-order valence-electron chi connectivity index (χ2n) is 16.9. The summed E-state index contributed by atoms with van der Waals surface area (Å²) in [5.74, 6) is 0. The van der Waals surface area contributed by atoms with Gasteiger partial charge in [0.25, 0.3) is 0 Å². The monoisotopic (exact) mass is 689 g/mol. The van der Waals surface area contributed by atoms with Crippen LogP contribution >= 0.6 is 11.8 Å². The topological polar surface area (TPSA) is 40.2 Å². The molecule has 0 unspecified atom stereocenters. The van der Waals surface area contributed by atoms with E-state index < -0.39 is 0 Å². The number of benzene rings is 2. The zero-order valence-corrected chi connectivity index (χ0v) is 33.4. The zero-order chi connectivity index (χ0) is 35.5. The van der Waals surface area contributed by atoms with Gasteiger partial charge in [0.15, 0.2) is 0 Å². The molecule has 3 aliphatic heterocycles. The Balaban J connectivity index is 1.48. The molecule has 3 aliphatic rings. The highest BCUT2D eigenvalue weighted by Crippen LogP contribution is 2.50. The molecule has 49 heavy (non-hydrogen) atoms. The second kappa shape index (κ2) is 16.1. The third kappa shape index (κ3) is 8.79. The largest absolute Gasteiger partial charge is 0.494 e. The van der Waals surface area contributed by atoms with Gasteiger partial charge in [-0.25, -0.2) is 0 Å². The van der Waals surface area contributed by atoms with Crippen molar-refractivity contribution in [1.82, 2.24) is 0 Å². The van der Waals surface area contributed by atoms with Crippen molar-refractivity contribution < 1.29 is 18.6 Å². The average Bonchev–Trinajstić information content (AvgIpc) is 3.41. The Morgan fingerprint density at radius 3 is 1.24 bits per heavy atom. The lowest BCUT2D eigenvalue weighted by Gasteiger charge is -2.40. The minimum absolute atomic E-state index is 0.379. The summed E-state index contributed by atoms with van der Waals surface area (Å²) >= 11 is 1.86. The van der Waals surface area contributed by atoms with Crippen LogP contribution in [0.3, 0.4) is 0 Å². The molecule has 0 spiro atoms. The standard InChI is InChI=1S/C41H65B2NO4S/c1-11-13-15-17-19-21-23-33(24-22-20-18-16-14-12-2)44-34-27-25-31(42-45-38(3,4)39(5,6)46-42)29-36(34)49-37-30-32(26-28-35(37)44)43-47-40(7,8)41(9,10)48-43/h25-30,33H,11-24H2,1-10H3. The average molecular weight is 690 g/mol. The van der Waals surface area contributed by atoms with E-state index in [4.69, 9.17) is 18.6 Å². The number of rotatable bonds is 17.